The van der Waals surface area contributed by atoms with E-state index in [-0.39, 0.29) is 10.6 Å². The van der Waals surface area contributed by atoms with Crippen molar-refractivity contribution < 1.29 is 4.92 Å². The third-order valence-corrected chi connectivity index (χ3v) is 3.73. The van der Waals surface area contributed by atoms with Gasteiger partial charge in [-0.25, -0.2) is 0 Å². The first-order valence-electron chi connectivity index (χ1n) is 4.39. The van der Waals surface area contributed by atoms with Crippen molar-refractivity contribution in [2.45, 2.75) is 11.9 Å². The van der Waals surface area contributed by atoms with E-state index in [0.717, 1.165) is 20.9 Å². The molecule has 0 aliphatic heterocycles. The van der Waals surface area contributed by atoms with Crippen LogP contribution in [-0.2, 0) is 0 Å². The zero-order valence-corrected chi connectivity index (χ0v) is 9.60. The summed E-state index contributed by atoms with van der Waals surface area (Å²) in [5.41, 5.74) is 0.126. The molecule has 6 heteroatoms. The predicted molar refractivity (Wildman–Crippen MR) is 62.7 cm³/mol. The molecule has 1 aromatic heterocycles. The number of thioether (sulfide) groups is 1. The van der Waals surface area contributed by atoms with E-state index < -0.39 is 0 Å². The summed E-state index contributed by atoms with van der Waals surface area (Å²) in [6.07, 6.45) is 0. The van der Waals surface area contributed by atoms with Gasteiger partial charge >= 0.3 is 0 Å². The SMILES string of the molecule is CCSc1nsc2ccc([N+](=O)[O-])cc12. The average molecular weight is 240 g/mol. The highest BCUT2D eigenvalue weighted by Crippen LogP contribution is 2.32. The van der Waals surface area contributed by atoms with Crippen LogP contribution in [0.15, 0.2) is 23.2 Å². The largest absolute Gasteiger partial charge is 0.270 e. The van der Waals surface area contributed by atoms with Gasteiger partial charge in [-0.15, -0.1) is 11.8 Å². The summed E-state index contributed by atoms with van der Waals surface area (Å²) in [7, 11) is 0. The smallest absolute Gasteiger partial charge is 0.258 e. The summed E-state index contributed by atoms with van der Waals surface area (Å²) in [6, 6.07) is 4.86. The minimum absolute atomic E-state index is 0.126. The number of rotatable bonds is 3. The van der Waals surface area contributed by atoms with Crippen molar-refractivity contribution in [3.8, 4) is 0 Å². The molecule has 78 valence electrons. The fourth-order valence-corrected chi connectivity index (χ4v) is 2.91. The number of aromatic nitrogens is 1. The van der Waals surface area contributed by atoms with Gasteiger partial charge in [0.15, 0.2) is 0 Å². The molecule has 0 saturated carbocycles. The Morgan fingerprint density at radius 2 is 2.40 bits per heavy atom. The maximum Gasteiger partial charge on any atom is 0.270 e. The van der Waals surface area contributed by atoms with E-state index in [1.165, 1.54) is 17.6 Å². The molecule has 0 atom stereocenters. The van der Waals surface area contributed by atoms with Crippen LogP contribution in [0.2, 0.25) is 0 Å². The number of non-ortho nitro benzene ring substituents is 1. The van der Waals surface area contributed by atoms with E-state index in [2.05, 4.69) is 4.37 Å². The lowest BCUT2D eigenvalue weighted by Crippen LogP contribution is -1.86. The van der Waals surface area contributed by atoms with Gasteiger partial charge in [-0.2, -0.15) is 4.37 Å². The lowest BCUT2D eigenvalue weighted by molar-refractivity contribution is -0.384. The van der Waals surface area contributed by atoms with Crippen molar-refractivity contribution in [1.82, 2.24) is 4.37 Å². The minimum atomic E-state index is -0.377. The van der Waals surface area contributed by atoms with E-state index in [1.54, 1.807) is 23.9 Å². The third kappa shape index (κ3) is 1.95. The zero-order chi connectivity index (χ0) is 10.8. The van der Waals surface area contributed by atoms with Gasteiger partial charge in [0, 0.05) is 17.5 Å². The van der Waals surface area contributed by atoms with Crippen LogP contribution in [0.5, 0.6) is 0 Å². The Morgan fingerprint density at radius 3 is 3.07 bits per heavy atom. The van der Waals surface area contributed by atoms with Crippen LogP contribution in [0, 0.1) is 10.1 Å². The van der Waals surface area contributed by atoms with Crippen LogP contribution in [-0.4, -0.2) is 15.0 Å². The van der Waals surface area contributed by atoms with Crippen LogP contribution in [0.1, 0.15) is 6.92 Å². The number of nitro benzene ring substituents is 1. The van der Waals surface area contributed by atoms with Gasteiger partial charge in [0.2, 0.25) is 0 Å². The quantitative estimate of drug-likeness (QED) is 0.469. The van der Waals surface area contributed by atoms with Gasteiger partial charge < -0.3 is 0 Å². The summed E-state index contributed by atoms with van der Waals surface area (Å²) in [6.45, 7) is 2.03. The second-order valence-electron chi connectivity index (χ2n) is 2.86. The summed E-state index contributed by atoms with van der Waals surface area (Å²) >= 11 is 2.99. The molecule has 1 aromatic carbocycles. The van der Waals surface area contributed by atoms with Crippen molar-refractivity contribution in [2.75, 3.05) is 5.75 Å². The van der Waals surface area contributed by atoms with Gasteiger partial charge in [0.05, 0.1) is 9.62 Å². The first-order valence-corrected chi connectivity index (χ1v) is 6.15. The van der Waals surface area contributed by atoms with Gasteiger partial charge in [0.1, 0.15) is 5.03 Å². The summed E-state index contributed by atoms with van der Waals surface area (Å²) in [5, 5.41) is 12.4. The number of hydrogen-bond acceptors (Lipinski definition) is 5. The second kappa shape index (κ2) is 4.16. The number of nitrogens with zero attached hydrogens (tertiary/aromatic N) is 2. The maximum absolute atomic E-state index is 10.6. The second-order valence-corrected chi connectivity index (χ2v) is 4.92. The van der Waals surface area contributed by atoms with Gasteiger partial charge in [-0.1, -0.05) is 6.92 Å². The van der Waals surface area contributed by atoms with Crippen molar-refractivity contribution in [3.63, 3.8) is 0 Å². The molecule has 0 N–H and O–H groups in total. The standard InChI is InChI=1S/C9H8N2O2S2/c1-2-14-9-7-5-6(11(12)13)3-4-8(7)15-10-9/h3-5H,2H2,1H3. The van der Waals surface area contributed by atoms with Crippen LogP contribution >= 0.6 is 23.3 Å². The molecule has 0 radical (unpaired) electrons. The number of fused-ring (bicyclic) bond motifs is 1. The predicted octanol–water partition coefficient (Wildman–Crippen LogP) is 3.32. The Balaban J connectivity index is 2.56. The summed E-state index contributed by atoms with van der Waals surface area (Å²) in [5.74, 6) is 0.918. The maximum atomic E-state index is 10.6. The molecule has 0 aliphatic rings. The molecule has 1 heterocycles. The molecule has 0 spiro atoms. The molecule has 0 aliphatic carbocycles. The molecule has 2 aromatic rings. The molecule has 0 unspecified atom stereocenters. The lowest BCUT2D eigenvalue weighted by Gasteiger charge is -1.94. The molecule has 0 saturated heterocycles. The minimum Gasteiger partial charge on any atom is -0.258 e. The Labute approximate surface area is 94.6 Å². The molecular formula is C9H8N2O2S2. The van der Waals surface area contributed by atoms with Crippen LogP contribution in [0.4, 0.5) is 5.69 Å². The highest BCUT2D eigenvalue weighted by atomic mass is 32.2. The van der Waals surface area contributed by atoms with Crippen LogP contribution in [0.25, 0.3) is 10.1 Å². The van der Waals surface area contributed by atoms with Gasteiger partial charge in [-0.05, 0) is 23.4 Å². The Morgan fingerprint density at radius 1 is 1.60 bits per heavy atom. The van der Waals surface area contributed by atoms with Crippen molar-refractivity contribution in [3.05, 3.63) is 28.3 Å². The van der Waals surface area contributed by atoms with E-state index in [4.69, 9.17) is 0 Å². The Hall–Kier alpha value is -1.14. The van der Waals surface area contributed by atoms with Crippen molar-refractivity contribution in [1.29, 1.82) is 0 Å². The molecule has 15 heavy (non-hydrogen) atoms. The topological polar surface area (TPSA) is 56.0 Å². The fourth-order valence-electron chi connectivity index (χ4n) is 1.26. The van der Waals surface area contributed by atoms with E-state index in [1.807, 2.05) is 6.92 Å². The first-order chi connectivity index (χ1) is 7.22. The molecule has 0 amide bonds. The average Bonchev–Trinajstić information content (AvgIpc) is 2.61. The van der Waals surface area contributed by atoms with E-state index in [0.29, 0.717) is 0 Å². The van der Waals surface area contributed by atoms with Crippen LogP contribution < -0.4 is 0 Å². The van der Waals surface area contributed by atoms with Gasteiger partial charge in [0.25, 0.3) is 5.69 Å². The molecule has 0 bridgehead atoms. The van der Waals surface area contributed by atoms with Crippen molar-refractivity contribution >= 4 is 39.1 Å². The number of benzene rings is 1. The fraction of sp³-hybridized carbons (Fsp3) is 0.222. The molecule has 0 fully saturated rings. The summed E-state index contributed by atoms with van der Waals surface area (Å²) < 4.78 is 5.26. The Kier molecular flexibility index (Phi) is 2.88. The molecule has 4 nitrogen and oxygen atoms in total. The molecular weight excluding hydrogens is 232 g/mol. The summed E-state index contributed by atoms with van der Waals surface area (Å²) in [4.78, 5) is 10.2. The highest BCUT2D eigenvalue weighted by molar-refractivity contribution is 7.99. The van der Waals surface area contributed by atoms with Crippen LogP contribution in [0.3, 0.4) is 0 Å². The monoisotopic (exact) mass is 240 g/mol. The molecule has 2 rings (SSSR count). The highest BCUT2D eigenvalue weighted by Gasteiger charge is 2.11. The lowest BCUT2D eigenvalue weighted by atomic mass is 10.2. The number of nitro groups is 1. The Bertz CT molecular complexity index is 510. The van der Waals surface area contributed by atoms with E-state index >= 15 is 0 Å². The first kappa shape index (κ1) is 10.4. The zero-order valence-electron chi connectivity index (χ0n) is 7.97. The normalized spacial score (nSPS) is 10.7. The third-order valence-electron chi connectivity index (χ3n) is 1.91. The number of hydrogen-bond donors (Lipinski definition) is 0. The van der Waals surface area contributed by atoms with Crippen molar-refractivity contribution in [2.24, 2.45) is 0 Å². The van der Waals surface area contributed by atoms with Gasteiger partial charge in [-0.3, -0.25) is 10.1 Å². The van der Waals surface area contributed by atoms with E-state index in [9.17, 15) is 10.1 Å².